The van der Waals surface area contributed by atoms with Crippen LogP contribution >= 0.6 is 12.4 Å². The molecule has 0 spiro atoms. The summed E-state index contributed by atoms with van der Waals surface area (Å²) in [5.41, 5.74) is 0. The van der Waals surface area contributed by atoms with Crippen LogP contribution in [0.25, 0.3) is 0 Å². The largest absolute Gasteiger partial charge is 0.412 e. The molecule has 1 radical (unpaired) electrons. The molecule has 0 unspecified atom stereocenters. The SMILES string of the molecule is Cl.O.O.O.O.O.O.[V]. The molecule has 0 rings (SSSR count). The van der Waals surface area contributed by atoms with Crippen molar-refractivity contribution in [1.29, 1.82) is 0 Å². The van der Waals surface area contributed by atoms with E-state index in [9.17, 15) is 0 Å². The molecule has 6 nitrogen and oxygen atoms in total. The van der Waals surface area contributed by atoms with Crippen molar-refractivity contribution in [2.75, 3.05) is 0 Å². The average molecular weight is 195 g/mol. The Morgan fingerprint density at radius 1 is 0.375 bits per heavy atom. The third-order valence-corrected chi connectivity index (χ3v) is 0. The Balaban J connectivity index is 0. The molecule has 0 amide bonds. The topological polar surface area (TPSA) is 189 Å². The van der Waals surface area contributed by atoms with Gasteiger partial charge in [0.1, 0.15) is 0 Å². The van der Waals surface area contributed by atoms with Crippen molar-refractivity contribution in [1.82, 2.24) is 0 Å². The van der Waals surface area contributed by atoms with E-state index in [4.69, 9.17) is 0 Å². The molecule has 0 aromatic heterocycles. The van der Waals surface area contributed by atoms with E-state index in [0.717, 1.165) is 0 Å². The van der Waals surface area contributed by atoms with Gasteiger partial charge in [0.25, 0.3) is 0 Å². The first-order valence-corrected chi connectivity index (χ1v) is 0. The second kappa shape index (κ2) is 835. The zero-order valence-corrected chi connectivity index (χ0v) is 6.07. The van der Waals surface area contributed by atoms with Gasteiger partial charge in [-0.1, -0.05) is 0 Å². The summed E-state index contributed by atoms with van der Waals surface area (Å²) in [5, 5.41) is 0. The second-order valence-corrected chi connectivity index (χ2v) is 0. The molecule has 0 aliphatic heterocycles. The fourth-order valence-corrected chi connectivity index (χ4v) is 0. The Labute approximate surface area is 64.4 Å². The fourth-order valence-electron chi connectivity index (χ4n) is 0. The fraction of sp³-hybridized carbons (Fsp3) is 0. The second-order valence-electron chi connectivity index (χ2n) is 0. The molecule has 8 heavy (non-hydrogen) atoms. The zero-order chi connectivity index (χ0) is 0. The quantitative estimate of drug-likeness (QED) is 0.360. The van der Waals surface area contributed by atoms with Gasteiger partial charge in [-0.2, -0.15) is 0 Å². The Morgan fingerprint density at radius 3 is 0.375 bits per heavy atom. The van der Waals surface area contributed by atoms with Gasteiger partial charge in [-0.25, -0.2) is 0 Å². The van der Waals surface area contributed by atoms with E-state index in [1.54, 1.807) is 0 Å². The number of halogens is 1. The Bertz CT molecular complexity index is 8.49. The summed E-state index contributed by atoms with van der Waals surface area (Å²) in [6.45, 7) is 0. The number of hydrogen-bond acceptors (Lipinski definition) is 0. The minimum absolute atomic E-state index is 0. The van der Waals surface area contributed by atoms with Crippen molar-refractivity contribution in [3.8, 4) is 0 Å². The van der Waals surface area contributed by atoms with Crippen LogP contribution in [-0.2, 0) is 18.6 Å². The van der Waals surface area contributed by atoms with Gasteiger partial charge in [-0.05, 0) is 0 Å². The van der Waals surface area contributed by atoms with Crippen molar-refractivity contribution in [3.63, 3.8) is 0 Å². The molecule has 0 bridgehead atoms. The third kappa shape index (κ3) is 523. The van der Waals surface area contributed by atoms with Gasteiger partial charge in [0.05, 0.1) is 0 Å². The summed E-state index contributed by atoms with van der Waals surface area (Å²) in [6, 6.07) is 0. The summed E-state index contributed by atoms with van der Waals surface area (Å²) in [4.78, 5) is 0. The van der Waals surface area contributed by atoms with Crippen LogP contribution in [0.1, 0.15) is 0 Å². The maximum Gasteiger partial charge on any atom is 0 e. The molecular formula is H13ClO6V. The summed E-state index contributed by atoms with van der Waals surface area (Å²) in [7, 11) is 0. The Morgan fingerprint density at radius 2 is 0.375 bits per heavy atom. The molecule has 8 heteroatoms. The number of hydrogen-bond donors (Lipinski definition) is 0. The van der Waals surface area contributed by atoms with Crippen LogP contribution in [0.5, 0.6) is 0 Å². The Kier molecular flexibility index (Phi) is 130000. The van der Waals surface area contributed by atoms with E-state index in [1.165, 1.54) is 0 Å². The molecule has 0 heterocycles. The van der Waals surface area contributed by atoms with Crippen LogP contribution in [0.15, 0.2) is 0 Å². The van der Waals surface area contributed by atoms with Crippen LogP contribution in [-0.4, -0.2) is 32.9 Å². The van der Waals surface area contributed by atoms with Crippen molar-refractivity contribution in [2.45, 2.75) is 0 Å². The molecular weight excluding hydrogens is 182 g/mol. The minimum atomic E-state index is 0. The standard InChI is InChI=1S/ClH.6H2O.V/h1H;6*1H2;. The van der Waals surface area contributed by atoms with Gasteiger partial charge in [0.15, 0.2) is 0 Å². The predicted octanol–water partition coefficient (Wildman–Crippen LogP) is -4.53. The van der Waals surface area contributed by atoms with E-state index < -0.39 is 0 Å². The minimum Gasteiger partial charge on any atom is -0.412 e. The average Bonchev–Trinajstić information content (AvgIpc) is 0. The first-order chi connectivity index (χ1) is 0. The maximum absolute atomic E-state index is 0. The van der Waals surface area contributed by atoms with Gasteiger partial charge in [-0.15, -0.1) is 12.4 Å². The van der Waals surface area contributed by atoms with Gasteiger partial charge in [0, 0.05) is 18.6 Å². The molecule has 0 aromatic rings. The van der Waals surface area contributed by atoms with Gasteiger partial charge in [0.2, 0.25) is 0 Å². The normalized spacial score (nSPS) is 0. The van der Waals surface area contributed by atoms with Gasteiger partial charge < -0.3 is 32.9 Å². The summed E-state index contributed by atoms with van der Waals surface area (Å²) in [5.74, 6) is 0. The molecule has 0 fully saturated rings. The van der Waals surface area contributed by atoms with Crippen molar-refractivity contribution < 1.29 is 51.4 Å². The van der Waals surface area contributed by atoms with Crippen LogP contribution in [0.4, 0.5) is 0 Å². The van der Waals surface area contributed by atoms with E-state index >= 15 is 0 Å². The smallest absolute Gasteiger partial charge is 0 e. The molecule has 12 N–H and O–H groups in total. The van der Waals surface area contributed by atoms with E-state index in [-0.39, 0.29) is 63.8 Å². The van der Waals surface area contributed by atoms with Gasteiger partial charge >= 0.3 is 0 Å². The van der Waals surface area contributed by atoms with Crippen LogP contribution in [0, 0.1) is 0 Å². The van der Waals surface area contributed by atoms with Gasteiger partial charge in [-0.3, -0.25) is 0 Å². The molecule has 0 aliphatic rings. The summed E-state index contributed by atoms with van der Waals surface area (Å²) >= 11 is 0. The summed E-state index contributed by atoms with van der Waals surface area (Å²) in [6.07, 6.45) is 0. The van der Waals surface area contributed by atoms with E-state index in [2.05, 4.69) is 0 Å². The maximum atomic E-state index is 0. The zero-order valence-electron chi connectivity index (χ0n) is 3.86. The molecule has 0 saturated heterocycles. The molecule has 0 aromatic carbocycles. The first kappa shape index (κ1) is 1250. The van der Waals surface area contributed by atoms with Crippen molar-refractivity contribution in [3.05, 3.63) is 0 Å². The monoisotopic (exact) mass is 195 g/mol. The molecule has 0 saturated carbocycles. The molecule has 0 aliphatic carbocycles. The van der Waals surface area contributed by atoms with Crippen molar-refractivity contribution >= 4 is 12.4 Å². The predicted molar refractivity (Wildman–Crippen MR) is 28.9 cm³/mol. The van der Waals surface area contributed by atoms with Crippen LogP contribution in [0.3, 0.4) is 0 Å². The number of rotatable bonds is 0. The van der Waals surface area contributed by atoms with E-state index in [1.807, 2.05) is 0 Å². The molecule has 61 valence electrons. The summed E-state index contributed by atoms with van der Waals surface area (Å²) < 4.78 is 0. The first-order valence-electron chi connectivity index (χ1n) is 0. The molecule has 0 atom stereocenters. The Hall–Kier alpha value is 0.634. The van der Waals surface area contributed by atoms with Crippen LogP contribution in [0.2, 0.25) is 0 Å². The van der Waals surface area contributed by atoms with Crippen LogP contribution < -0.4 is 0 Å². The van der Waals surface area contributed by atoms with E-state index in [0.29, 0.717) is 0 Å². The van der Waals surface area contributed by atoms with Crippen molar-refractivity contribution in [2.24, 2.45) is 0 Å². The third-order valence-electron chi connectivity index (χ3n) is 0.